The summed E-state index contributed by atoms with van der Waals surface area (Å²) in [6.07, 6.45) is 4.14. The van der Waals surface area contributed by atoms with E-state index in [1.165, 1.54) is 16.6 Å². The zero-order valence-corrected chi connectivity index (χ0v) is 21.5. The normalized spacial score (nSPS) is 15.2. The highest BCUT2D eigenvalue weighted by Crippen LogP contribution is 2.40. The number of carbonyl (C=O) groups is 1. The zero-order valence-electron chi connectivity index (χ0n) is 18.3. The van der Waals surface area contributed by atoms with E-state index in [0.717, 1.165) is 36.8 Å². The molecule has 0 fully saturated rings. The Hall–Kier alpha value is -2.05. The van der Waals surface area contributed by atoms with Gasteiger partial charge in [-0.15, -0.1) is 21.5 Å². The molecule has 0 aliphatic heterocycles. The molecular formula is C23H23Cl2N5OS2. The molecule has 1 atom stereocenters. The standard InChI is InChI=1S/C23H23Cl2N5OS2/c1-3-13-5-7-15-17(11-26)22(33-19(15)9-13)27-20(31)12-32-23-29-28-21(30(23)4-2)16-8-6-14(24)10-18(16)25/h6,8,10,13H,3-5,7,9,12H2,1-2H3,(H,27,31). The van der Waals surface area contributed by atoms with Crippen molar-refractivity contribution in [3.8, 4) is 17.5 Å². The quantitative estimate of drug-likeness (QED) is 0.362. The second kappa shape index (κ2) is 10.5. The lowest BCUT2D eigenvalue weighted by Crippen LogP contribution is -2.15. The summed E-state index contributed by atoms with van der Waals surface area (Å²) in [4.78, 5) is 14.0. The maximum atomic E-state index is 12.7. The summed E-state index contributed by atoms with van der Waals surface area (Å²) in [7, 11) is 0. The van der Waals surface area contributed by atoms with E-state index in [4.69, 9.17) is 23.2 Å². The average molecular weight is 521 g/mol. The van der Waals surface area contributed by atoms with E-state index in [9.17, 15) is 10.1 Å². The smallest absolute Gasteiger partial charge is 0.235 e. The molecule has 0 radical (unpaired) electrons. The highest BCUT2D eigenvalue weighted by molar-refractivity contribution is 7.99. The number of thioether (sulfide) groups is 1. The number of anilines is 1. The Labute approximate surface area is 211 Å². The van der Waals surface area contributed by atoms with E-state index >= 15 is 0 Å². The van der Waals surface area contributed by atoms with E-state index in [1.54, 1.807) is 23.5 Å². The van der Waals surface area contributed by atoms with Crippen LogP contribution in [0.4, 0.5) is 5.00 Å². The predicted molar refractivity (Wildman–Crippen MR) is 135 cm³/mol. The number of hydrogen-bond acceptors (Lipinski definition) is 6. The second-order valence-corrected chi connectivity index (χ2v) is 10.7. The van der Waals surface area contributed by atoms with Gasteiger partial charge in [0.2, 0.25) is 5.91 Å². The summed E-state index contributed by atoms with van der Waals surface area (Å²) in [5, 5.41) is 23.5. The Balaban J connectivity index is 1.47. The van der Waals surface area contributed by atoms with Crippen molar-refractivity contribution >= 4 is 57.2 Å². The van der Waals surface area contributed by atoms with Gasteiger partial charge in [-0.25, -0.2) is 0 Å². The summed E-state index contributed by atoms with van der Waals surface area (Å²) >= 11 is 15.2. The topological polar surface area (TPSA) is 83.6 Å². The van der Waals surface area contributed by atoms with Crippen molar-refractivity contribution < 1.29 is 4.79 Å². The fourth-order valence-corrected chi connectivity index (χ4v) is 6.68. The molecule has 0 saturated heterocycles. The van der Waals surface area contributed by atoms with Gasteiger partial charge in [0.05, 0.1) is 16.3 Å². The molecule has 33 heavy (non-hydrogen) atoms. The third-order valence-electron chi connectivity index (χ3n) is 5.85. The van der Waals surface area contributed by atoms with E-state index in [0.29, 0.717) is 44.1 Å². The monoisotopic (exact) mass is 519 g/mol. The zero-order chi connectivity index (χ0) is 23.5. The number of carbonyl (C=O) groups excluding carboxylic acids is 1. The number of aromatic nitrogens is 3. The van der Waals surface area contributed by atoms with Crippen LogP contribution in [-0.2, 0) is 24.2 Å². The van der Waals surface area contributed by atoms with Gasteiger partial charge in [-0.1, -0.05) is 48.3 Å². The summed E-state index contributed by atoms with van der Waals surface area (Å²) in [5.41, 5.74) is 2.48. The molecule has 10 heteroatoms. The fraction of sp³-hybridized carbons (Fsp3) is 0.391. The maximum absolute atomic E-state index is 12.7. The van der Waals surface area contributed by atoms with Crippen LogP contribution in [0.2, 0.25) is 10.0 Å². The number of hydrogen-bond donors (Lipinski definition) is 1. The van der Waals surface area contributed by atoms with Gasteiger partial charge in [-0.3, -0.25) is 4.79 Å². The van der Waals surface area contributed by atoms with Crippen molar-refractivity contribution in [2.45, 2.75) is 51.2 Å². The molecule has 1 aliphatic rings. The number of amides is 1. The average Bonchev–Trinajstić information content (AvgIpc) is 3.37. The number of rotatable bonds is 7. The lowest BCUT2D eigenvalue weighted by molar-refractivity contribution is -0.113. The van der Waals surface area contributed by atoms with Gasteiger partial charge in [0.25, 0.3) is 0 Å². The first-order chi connectivity index (χ1) is 15.9. The SMILES string of the molecule is CCC1CCc2c(sc(NC(=O)CSc3nnc(-c4ccc(Cl)cc4Cl)n3CC)c2C#N)C1. The van der Waals surface area contributed by atoms with Crippen LogP contribution in [0.1, 0.15) is 42.7 Å². The van der Waals surface area contributed by atoms with Crippen LogP contribution in [0.3, 0.4) is 0 Å². The first-order valence-electron chi connectivity index (χ1n) is 10.8. The maximum Gasteiger partial charge on any atom is 0.235 e. The lowest BCUT2D eigenvalue weighted by Gasteiger charge is -2.20. The van der Waals surface area contributed by atoms with E-state index in [1.807, 2.05) is 17.6 Å². The van der Waals surface area contributed by atoms with Crippen molar-refractivity contribution in [1.29, 1.82) is 5.26 Å². The van der Waals surface area contributed by atoms with Gasteiger partial charge < -0.3 is 9.88 Å². The summed E-state index contributed by atoms with van der Waals surface area (Å²) in [6.45, 7) is 4.82. The third-order valence-corrected chi connectivity index (χ3v) is 8.53. The van der Waals surface area contributed by atoms with Gasteiger partial charge >= 0.3 is 0 Å². The molecular weight excluding hydrogens is 497 g/mol. The van der Waals surface area contributed by atoms with Crippen molar-refractivity contribution in [2.24, 2.45) is 5.92 Å². The minimum Gasteiger partial charge on any atom is -0.316 e. The number of benzene rings is 1. The van der Waals surface area contributed by atoms with Gasteiger partial charge in [0, 0.05) is 22.0 Å². The van der Waals surface area contributed by atoms with Crippen LogP contribution >= 0.6 is 46.3 Å². The molecule has 1 aliphatic carbocycles. The number of fused-ring (bicyclic) bond motifs is 1. The molecule has 1 unspecified atom stereocenters. The van der Waals surface area contributed by atoms with Gasteiger partial charge in [-0.05, 0) is 55.9 Å². The van der Waals surface area contributed by atoms with Crippen molar-refractivity contribution in [3.05, 3.63) is 44.2 Å². The molecule has 1 aromatic carbocycles. The Morgan fingerprint density at radius 1 is 1.36 bits per heavy atom. The molecule has 1 N–H and O–H groups in total. The summed E-state index contributed by atoms with van der Waals surface area (Å²) < 4.78 is 1.92. The molecule has 0 saturated carbocycles. The highest BCUT2D eigenvalue weighted by Gasteiger charge is 2.26. The van der Waals surface area contributed by atoms with Gasteiger partial charge in [0.15, 0.2) is 11.0 Å². The van der Waals surface area contributed by atoms with Crippen LogP contribution in [0.5, 0.6) is 0 Å². The summed E-state index contributed by atoms with van der Waals surface area (Å²) in [5.74, 6) is 1.28. The highest BCUT2D eigenvalue weighted by atomic mass is 35.5. The number of nitrogens with zero attached hydrogens (tertiary/aromatic N) is 4. The number of halogens is 2. The largest absolute Gasteiger partial charge is 0.316 e. The summed E-state index contributed by atoms with van der Waals surface area (Å²) in [6, 6.07) is 7.55. The lowest BCUT2D eigenvalue weighted by atomic mass is 9.86. The fourth-order valence-electron chi connectivity index (χ4n) is 4.05. The number of nitrogens with one attached hydrogen (secondary N) is 1. The minimum absolute atomic E-state index is 0.164. The molecule has 2 heterocycles. The Kier molecular flexibility index (Phi) is 7.65. The van der Waals surface area contributed by atoms with Crippen LogP contribution in [0.25, 0.3) is 11.4 Å². The van der Waals surface area contributed by atoms with Crippen LogP contribution in [0.15, 0.2) is 23.4 Å². The molecule has 1 amide bonds. The second-order valence-electron chi connectivity index (χ2n) is 7.85. The molecule has 172 valence electrons. The Bertz CT molecular complexity index is 1230. The van der Waals surface area contributed by atoms with Crippen molar-refractivity contribution in [3.63, 3.8) is 0 Å². The first-order valence-corrected chi connectivity index (χ1v) is 13.4. The Morgan fingerprint density at radius 2 is 2.18 bits per heavy atom. The Morgan fingerprint density at radius 3 is 2.88 bits per heavy atom. The molecule has 0 bridgehead atoms. The molecule has 0 spiro atoms. The van der Waals surface area contributed by atoms with E-state index in [-0.39, 0.29) is 11.7 Å². The van der Waals surface area contributed by atoms with Gasteiger partial charge in [-0.2, -0.15) is 5.26 Å². The molecule has 2 aromatic heterocycles. The number of thiophene rings is 1. The van der Waals surface area contributed by atoms with Crippen LogP contribution < -0.4 is 5.32 Å². The minimum atomic E-state index is -0.168. The van der Waals surface area contributed by atoms with E-state index in [2.05, 4.69) is 28.5 Å². The van der Waals surface area contributed by atoms with E-state index < -0.39 is 0 Å². The van der Waals surface area contributed by atoms with Crippen LogP contribution in [0, 0.1) is 17.2 Å². The predicted octanol–water partition coefficient (Wildman–Crippen LogP) is 6.45. The third kappa shape index (κ3) is 5.07. The number of nitriles is 1. The van der Waals surface area contributed by atoms with Gasteiger partial charge in [0.1, 0.15) is 11.1 Å². The molecule has 3 aromatic rings. The first kappa shape index (κ1) is 24.1. The molecule has 4 rings (SSSR count). The van der Waals surface area contributed by atoms with Crippen molar-refractivity contribution in [2.75, 3.05) is 11.1 Å². The molecule has 6 nitrogen and oxygen atoms in total. The van der Waals surface area contributed by atoms with Crippen molar-refractivity contribution in [1.82, 2.24) is 14.8 Å². The van der Waals surface area contributed by atoms with Crippen LogP contribution in [-0.4, -0.2) is 26.4 Å².